The van der Waals surface area contributed by atoms with Gasteiger partial charge in [0.2, 0.25) is 6.79 Å². The van der Waals surface area contributed by atoms with Crippen LogP contribution in [0.4, 0.5) is 0 Å². The summed E-state index contributed by atoms with van der Waals surface area (Å²) in [6.07, 6.45) is 1.78. The average molecular weight is 389 g/mol. The Balaban J connectivity index is 1.40. The lowest BCUT2D eigenvalue weighted by Crippen LogP contribution is -2.39. The lowest BCUT2D eigenvalue weighted by molar-refractivity contribution is 0.174. The molecule has 3 rings (SSSR count). The molecular weight excluding hydrogens is 360 g/mol. The van der Waals surface area contributed by atoms with E-state index in [0.717, 1.165) is 54.1 Å². The van der Waals surface area contributed by atoms with E-state index in [1.54, 1.807) is 18.4 Å². The molecule has 0 fully saturated rings. The van der Waals surface area contributed by atoms with Crippen molar-refractivity contribution in [1.82, 2.24) is 15.6 Å². The van der Waals surface area contributed by atoms with Gasteiger partial charge in [0.25, 0.3) is 0 Å². The van der Waals surface area contributed by atoms with Gasteiger partial charge in [0, 0.05) is 37.4 Å². The van der Waals surface area contributed by atoms with Crippen molar-refractivity contribution in [2.45, 2.75) is 39.0 Å². The maximum atomic E-state index is 5.42. The van der Waals surface area contributed by atoms with E-state index in [1.807, 2.05) is 12.1 Å². The zero-order chi connectivity index (χ0) is 19.3. The van der Waals surface area contributed by atoms with Gasteiger partial charge < -0.3 is 20.1 Å². The summed E-state index contributed by atoms with van der Waals surface area (Å²) in [5, 5.41) is 10.0. The molecule has 0 saturated carbocycles. The third-order valence-corrected chi connectivity index (χ3v) is 5.23. The first kappa shape index (κ1) is 19.5. The number of nitrogens with one attached hydrogen (secondary N) is 2. The highest BCUT2D eigenvalue weighted by Crippen LogP contribution is 2.32. The minimum Gasteiger partial charge on any atom is -0.454 e. The fraction of sp³-hybridized carbons (Fsp3) is 0.500. The number of guanidine groups is 1. The van der Waals surface area contributed by atoms with Crippen molar-refractivity contribution >= 4 is 17.3 Å². The third-order valence-electron chi connectivity index (χ3n) is 4.32. The van der Waals surface area contributed by atoms with Gasteiger partial charge >= 0.3 is 0 Å². The summed E-state index contributed by atoms with van der Waals surface area (Å²) in [6, 6.07) is 6.07. The van der Waals surface area contributed by atoms with Gasteiger partial charge in [0.15, 0.2) is 17.5 Å². The summed E-state index contributed by atoms with van der Waals surface area (Å²) < 4.78 is 10.8. The number of rotatable bonds is 6. The Morgan fingerprint density at radius 2 is 1.89 bits per heavy atom. The highest BCUT2D eigenvalue weighted by Gasteiger charge is 2.17. The molecular formula is C20H28N4O2S. The zero-order valence-electron chi connectivity index (χ0n) is 16.5. The molecule has 0 bridgehead atoms. The van der Waals surface area contributed by atoms with E-state index in [-0.39, 0.29) is 5.41 Å². The number of ether oxygens (including phenoxy) is 2. The lowest BCUT2D eigenvalue weighted by atomic mass is 9.93. The topological polar surface area (TPSA) is 67.8 Å². The van der Waals surface area contributed by atoms with Crippen LogP contribution in [0.5, 0.6) is 11.5 Å². The van der Waals surface area contributed by atoms with Crippen LogP contribution in [0.1, 0.15) is 37.0 Å². The van der Waals surface area contributed by atoms with Crippen LogP contribution in [0, 0.1) is 0 Å². The van der Waals surface area contributed by atoms with Gasteiger partial charge in [-0.25, -0.2) is 4.98 Å². The molecule has 146 valence electrons. The fourth-order valence-corrected chi connectivity index (χ4v) is 3.73. The molecule has 0 spiro atoms. The predicted octanol–water partition coefficient (Wildman–Crippen LogP) is 3.12. The Morgan fingerprint density at radius 1 is 1.15 bits per heavy atom. The summed E-state index contributed by atoms with van der Waals surface area (Å²) in [6.45, 7) is 8.48. The summed E-state index contributed by atoms with van der Waals surface area (Å²) in [5.41, 5.74) is 2.47. The Hall–Kier alpha value is -2.28. The van der Waals surface area contributed by atoms with Gasteiger partial charge in [0.1, 0.15) is 0 Å². The van der Waals surface area contributed by atoms with Gasteiger partial charge in [-0.3, -0.25) is 4.99 Å². The maximum absolute atomic E-state index is 5.42. The number of hydrogen-bond donors (Lipinski definition) is 2. The van der Waals surface area contributed by atoms with Crippen molar-refractivity contribution in [2.75, 3.05) is 26.9 Å². The Bertz CT molecular complexity index is 796. The molecule has 2 N–H and O–H groups in total. The number of hydrogen-bond acceptors (Lipinski definition) is 5. The van der Waals surface area contributed by atoms with Crippen molar-refractivity contribution in [3.05, 3.63) is 39.8 Å². The van der Waals surface area contributed by atoms with E-state index in [2.05, 4.69) is 47.8 Å². The molecule has 0 aliphatic carbocycles. The van der Waals surface area contributed by atoms with E-state index >= 15 is 0 Å². The lowest BCUT2D eigenvalue weighted by Gasteiger charge is -2.14. The summed E-state index contributed by atoms with van der Waals surface area (Å²) >= 11 is 1.73. The van der Waals surface area contributed by atoms with E-state index < -0.39 is 0 Å². The molecule has 6 nitrogen and oxygen atoms in total. The number of aromatic nitrogens is 1. The normalized spacial score (nSPS) is 13.7. The Labute approximate surface area is 165 Å². The quantitative estimate of drug-likeness (QED) is 0.588. The highest BCUT2D eigenvalue weighted by molar-refractivity contribution is 7.09. The number of aliphatic imine (C=N–C) groups is 1. The van der Waals surface area contributed by atoms with E-state index in [1.165, 1.54) is 5.56 Å². The molecule has 1 aromatic heterocycles. The molecule has 1 aliphatic heterocycles. The second-order valence-electron chi connectivity index (χ2n) is 7.49. The minimum absolute atomic E-state index is 0.106. The van der Waals surface area contributed by atoms with Crippen molar-refractivity contribution in [3.63, 3.8) is 0 Å². The van der Waals surface area contributed by atoms with E-state index in [4.69, 9.17) is 14.5 Å². The van der Waals surface area contributed by atoms with E-state index in [0.29, 0.717) is 6.79 Å². The van der Waals surface area contributed by atoms with Crippen LogP contribution in [0.2, 0.25) is 0 Å². The van der Waals surface area contributed by atoms with Crippen LogP contribution in [0.25, 0.3) is 0 Å². The molecule has 27 heavy (non-hydrogen) atoms. The van der Waals surface area contributed by atoms with Gasteiger partial charge in [0.05, 0.1) is 10.7 Å². The van der Waals surface area contributed by atoms with Gasteiger partial charge in [-0.1, -0.05) is 26.8 Å². The fourth-order valence-electron chi connectivity index (χ4n) is 2.70. The molecule has 0 saturated heterocycles. The van der Waals surface area contributed by atoms with Crippen LogP contribution >= 0.6 is 11.3 Å². The summed E-state index contributed by atoms with van der Waals surface area (Å²) in [4.78, 5) is 9.02. The molecule has 7 heteroatoms. The SMILES string of the molecule is CN=C(NCCc1ccc2c(c1)OCO2)NCCc1nc(C(C)(C)C)cs1. The smallest absolute Gasteiger partial charge is 0.231 e. The molecule has 2 aromatic rings. The van der Waals surface area contributed by atoms with Crippen molar-refractivity contribution in [2.24, 2.45) is 4.99 Å². The van der Waals surface area contributed by atoms with Crippen LogP contribution in [-0.4, -0.2) is 37.9 Å². The van der Waals surface area contributed by atoms with Crippen molar-refractivity contribution < 1.29 is 9.47 Å². The van der Waals surface area contributed by atoms with Crippen LogP contribution < -0.4 is 20.1 Å². The molecule has 0 radical (unpaired) electrons. The summed E-state index contributed by atoms with van der Waals surface area (Å²) in [5.74, 6) is 2.46. The zero-order valence-corrected chi connectivity index (χ0v) is 17.3. The monoisotopic (exact) mass is 388 g/mol. The highest BCUT2D eigenvalue weighted by atomic mass is 32.1. The minimum atomic E-state index is 0.106. The third kappa shape index (κ3) is 5.35. The Morgan fingerprint density at radius 3 is 2.59 bits per heavy atom. The number of nitrogens with zero attached hydrogens (tertiary/aromatic N) is 2. The van der Waals surface area contributed by atoms with Gasteiger partial charge in [-0.2, -0.15) is 0 Å². The first-order valence-corrected chi connectivity index (χ1v) is 10.1. The van der Waals surface area contributed by atoms with E-state index in [9.17, 15) is 0 Å². The molecule has 0 amide bonds. The molecule has 0 atom stereocenters. The molecule has 1 aromatic carbocycles. The van der Waals surface area contributed by atoms with Crippen molar-refractivity contribution in [3.8, 4) is 11.5 Å². The molecule has 0 unspecified atom stereocenters. The second-order valence-corrected chi connectivity index (χ2v) is 8.43. The maximum Gasteiger partial charge on any atom is 0.231 e. The van der Waals surface area contributed by atoms with Crippen LogP contribution in [0.15, 0.2) is 28.6 Å². The second kappa shape index (κ2) is 8.61. The van der Waals surface area contributed by atoms with Crippen LogP contribution in [0.3, 0.4) is 0 Å². The van der Waals surface area contributed by atoms with Crippen molar-refractivity contribution in [1.29, 1.82) is 0 Å². The van der Waals surface area contributed by atoms with Crippen LogP contribution in [-0.2, 0) is 18.3 Å². The molecule has 1 aliphatic rings. The summed E-state index contributed by atoms with van der Waals surface area (Å²) in [7, 11) is 1.79. The largest absolute Gasteiger partial charge is 0.454 e. The standard InChI is InChI=1S/C20H28N4O2S/c1-20(2,3)17-12-27-18(24-17)8-10-23-19(21-4)22-9-7-14-5-6-15-16(11-14)26-13-25-15/h5-6,11-12H,7-10,13H2,1-4H3,(H2,21,22,23). The number of fused-ring (bicyclic) bond motifs is 1. The molecule has 2 heterocycles. The first-order chi connectivity index (χ1) is 13.0. The Kier molecular flexibility index (Phi) is 6.21. The van der Waals surface area contributed by atoms with Gasteiger partial charge in [-0.15, -0.1) is 11.3 Å². The predicted molar refractivity (Wildman–Crippen MR) is 110 cm³/mol. The van der Waals surface area contributed by atoms with Gasteiger partial charge in [-0.05, 0) is 24.1 Å². The first-order valence-electron chi connectivity index (χ1n) is 9.23. The number of benzene rings is 1. The average Bonchev–Trinajstić information content (AvgIpc) is 3.28. The number of thiazole rings is 1.